The van der Waals surface area contributed by atoms with E-state index in [2.05, 4.69) is 6.58 Å². The molecule has 7 nitrogen and oxygen atoms in total. The largest absolute Gasteiger partial charge is 0.459 e. The van der Waals surface area contributed by atoms with E-state index in [-0.39, 0.29) is 5.92 Å². The van der Waals surface area contributed by atoms with Gasteiger partial charge in [-0.3, -0.25) is 4.79 Å². The maximum atomic E-state index is 12.9. The second kappa shape index (κ2) is 7.27. The molecule has 0 aromatic rings. The Morgan fingerprint density at radius 1 is 1.31 bits per heavy atom. The van der Waals surface area contributed by atoms with E-state index >= 15 is 0 Å². The Bertz CT molecular complexity index is 780. The predicted octanol–water partition coefficient (Wildman–Crippen LogP) is 2.46. The summed E-state index contributed by atoms with van der Waals surface area (Å²) in [6, 6.07) is 0. The van der Waals surface area contributed by atoms with Crippen molar-refractivity contribution >= 4 is 17.9 Å². The predicted molar refractivity (Wildman–Crippen MR) is 103 cm³/mol. The van der Waals surface area contributed by atoms with E-state index in [1.807, 2.05) is 0 Å². The fourth-order valence-corrected chi connectivity index (χ4v) is 5.17. The van der Waals surface area contributed by atoms with E-state index in [0.717, 1.165) is 5.57 Å². The fourth-order valence-electron chi connectivity index (χ4n) is 5.17. The minimum absolute atomic E-state index is 0.160. The van der Waals surface area contributed by atoms with Gasteiger partial charge in [0.15, 0.2) is 0 Å². The zero-order valence-corrected chi connectivity index (χ0v) is 17.7. The summed E-state index contributed by atoms with van der Waals surface area (Å²) in [5.41, 5.74) is -1.52. The molecular weight excluding hydrogens is 376 g/mol. The first-order valence-electron chi connectivity index (χ1n) is 10.1. The van der Waals surface area contributed by atoms with Crippen molar-refractivity contribution in [2.45, 2.75) is 77.3 Å². The van der Waals surface area contributed by atoms with Crippen LogP contribution in [0.4, 0.5) is 0 Å². The maximum Gasteiger partial charge on any atom is 0.351 e. The highest BCUT2D eigenvalue weighted by molar-refractivity contribution is 5.92. The summed E-state index contributed by atoms with van der Waals surface area (Å²) in [7, 11) is 0. The summed E-state index contributed by atoms with van der Waals surface area (Å²) in [5, 5.41) is 11.3. The van der Waals surface area contributed by atoms with Crippen molar-refractivity contribution < 1.29 is 33.7 Å². The first-order valence-corrected chi connectivity index (χ1v) is 10.1. The van der Waals surface area contributed by atoms with Gasteiger partial charge in [0.1, 0.15) is 17.8 Å². The van der Waals surface area contributed by atoms with Crippen molar-refractivity contribution in [3.05, 3.63) is 23.8 Å². The summed E-state index contributed by atoms with van der Waals surface area (Å²) in [4.78, 5) is 36.8. The number of aliphatic hydroxyl groups is 1. The highest BCUT2D eigenvalue weighted by Gasteiger charge is 2.67. The number of carbonyl (C=O) groups is 3. The van der Waals surface area contributed by atoms with Gasteiger partial charge >= 0.3 is 17.9 Å². The molecule has 3 aliphatic rings. The zero-order valence-electron chi connectivity index (χ0n) is 17.7. The van der Waals surface area contributed by atoms with Gasteiger partial charge < -0.3 is 19.3 Å². The number of fused-ring (bicyclic) bond motifs is 3. The SMILES string of the molecule is C=C1CC[C@@H]2[C@@H](OC(=O)[C@@]2(C)OC(=O)/C(C)=C\C)[C@H]2[C@@H]1C[C@@H](OC(C)=O)[C@@]2(C)O. The number of esters is 3. The van der Waals surface area contributed by atoms with Crippen molar-refractivity contribution in [1.82, 2.24) is 0 Å². The number of hydrogen-bond acceptors (Lipinski definition) is 7. The monoisotopic (exact) mass is 406 g/mol. The van der Waals surface area contributed by atoms with Gasteiger partial charge in [-0.2, -0.15) is 0 Å². The van der Waals surface area contributed by atoms with Gasteiger partial charge in [0.2, 0.25) is 5.60 Å². The van der Waals surface area contributed by atoms with Crippen molar-refractivity contribution in [3.8, 4) is 0 Å². The Labute approximate surface area is 171 Å². The molecule has 1 N–H and O–H groups in total. The lowest BCUT2D eigenvalue weighted by molar-refractivity contribution is -0.172. The molecule has 2 saturated carbocycles. The second-order valence-corrected chi connectivity index (χ2v) is 8.83. The van der Waals surface area contributed by atoms with Crippen molar-refractivity contribution in [3.63, 3.8) is 0 Å². The highest BCUT2D eigenvalue weighted by Crippen LogP contribution is 2.56. The molecule has 160 valence electrons. The van der Waals surface area contributed by atoms with E-state index in [4.69, 9.17) is 14.2 Å². The van der Waals surface area contributed by atoms with Crippen LogP contribution in [0, 0.1) is 17.8 Å². The quantitative estimate of drug-likeness (QED) is 0.333. The molecule has 0 radical (unpaired) electrons. The molecule has 1 heterocycles. The summed E-state index contributed by atoms with van der Waals surface area (Å²) < 4.78 is 16.8. The summed E-state index contributed by atoms with van der Waals surface area (Å²) in [6.07, 6.45) is 1.83. The van der Waals surface area contributed by atoms with Gasteiger partial charge in [-0.1, -0.05) is 18.2 Å². The fraction of sp³-hybridized carbons (Fsp3) is 0.682. The van der Waals surface area contributed by atoms with E-state index in [1.165, 1.54) is 6.92 Å². The van der Waals surface area contributed by atoms with Gasteiger partial charge in [0, 0.05) is 24.3 Å². The van der Waals surface area contributed by atoms with E-state index in [9.17, 15) is 19.5 Å². The maximum absolute atomic E-state index is 12.9. The van der Waals surface area contributed by atoms with Crippen LogP contribution in [-0.2, 0) is 28.6 Å². The van der Waals surface area contributed by atoms with Crippen LogP contribution in [0.2, 0.25) is 0 Å². The molecule has 2 aliphatic carbocycles. The molecule has 7 atom stereocenters. The molecule has 0 unspecified atom stereocenters. The third-order valence-electron chi connectivity index (χ3n) is 7.00. The Morgan fingerprint density at radius 3 is 2.55 bits per heavy atom. The average molecular weight is 406 g/mol. The molecule has 7 heteroatoms. The van der Waals surface area contributed by atoms with Gasteiger partial charge in [-0.05, 0) is 52.9 Å². The van der Waals surface area contributed by atoms with Crippen LogP contribution in [0.3, 0.4) is 0 Å². The van der Waals surface area contributed by atoms with Gasteiger partial charge in [0.05, 0.1) is 0 Å². The third-order valence-corrected chi connectivity index (χ3v) is 7.00. The van der Waals surface area contributed by atoms with Gasteiger partial charge in [0.25, 0.3) is 0 Å². The lowest BCUT2D eigenvalue weighted by Crippen LogP contribution is -2.50. The van der Waals surface area contributed by atoms with Crippen molar-refractivity contribution in [2.24, 2.45) is 17.8 Å². The molecule has 3 rings (SSSR count). The molecule has 0 bridgehead atoms. The minimum atomic E-state index is -1.45. The van der Waals surface area contributed by atoms with Crippen molar-refractivity contribution in [1.29, 1.82) is 0 Å². The number of hydrogen-bond donors (Lipinski definition) is 1. The molecule has 3 fully saturated rings. The van der Waals surface area contributed by atoms with Crippen LogP contribution in [0.15, 0.2) is 23.8 Å². The molecular formula is C22H30O7. The van der Waals surface area contributed by atoms with Crippen LogP contribution < -0.4 is 0 Å². The highest BCUT2D eigenvalue weighted by atomic mass is 16.6. The number of allylic oxidation sites excluding steroid dienone is 2. The molecule has 1 aliphatic heterocycles. The average Bonchev–Trinajstić information content (AvgIpc) is 2.95. The standard InChI is InChI=1S/C22H30O7/c1-7-11(2)19(24)29-22(6)15-9-8-12(3)14-10-16(27-13(4)23)21(5,26)17(14)18(15)28-20(22)25/h7,14-18,26H,3,8-10H2,1-2,4-6H3/b11-7-/t14-,15-,16-,17-,18-,21-,22+/m1/s1. The number of ether oxygens (including phenoxy) is 3. The summed E-state index contributed by atoms with van der Waals surface area (Å²) in [5.74, 6) is -2.74. The van der Waals surface area contributed by atoms with Crippen LogP contribution in [0.25, 0.3) is 0 Å². The molecule has 0 aromatic heterocycles. The van der Waals surface area contributed by atoms with Crippen LogP contribution in [0.1, 0.15) is 53.9 Å². The molecule has 0 aromatic carbocycles. The first kappa shape index (κ1) is 21.6. The molecule has 29 heavy (non-hydrogen) atoms. The molecule has 0 amide bonds. The number of rotatable bonds is 3. The van der Waals surface area contributed by atoms with E-state index in [1.54, 1.807) is 33.8 Å². The van der Waals surface area contributed by atoms with Crippen LogP contribution in [-0.4, -0.2) is 46.4 Å². The Hall–Kier alpha value is -2.15. The van der Waals surface area contributed by atoms with Gasteiger partial charge in [-0.25, -0.2) is 9.59 Å². The second-order valence-electron chi connectivity index (χ2n) is 8.83. The Kier molecular flexibility index (Phi) is 5.41. The lowest BCUT2D eigenvalue weighted by Gasteiger charge is -2.37. The van der Waals surface area contributed by atoms with Crippen LogP contribution >= 0.6 is 0 Å². The first-order chi connectivity index (χ1) is 13.4. The summed E-state index contributed by atoms with van der Waals surface area (Å²) in [6.45, 7) is 12.0. The minimum Gasteiger partial charge on any atom is -0.459 e. The van der Waals surface area contributed by atoms with Crippen LogP contribution in [0.5, 0.6) is 0 Å². The number of carbonyl (C=O) groups excluding carboxylic acids is 3. The molecule has 1 saturated heterocycles. The van der Waals surface area contributed by atoms with E-state index in [0.29, 0.717) is 24.8 Å². The normalized spacial score (nSPS) is 41.9. The Morgan fingerprint density at radius 2 is 1.97 bits per heavy atom. The van der Waals surface area contributed by atoms with Crippen molar-refractivity contribution in [2.75, 3.05) is 0 Å². The lowest BCUT2D eigenvalue weighted by atomic mass is 9.74. The topological polar surface area (TPSA) is 99.1 Å². The van der Waals surface area contributed by atoms with Gasteiger partial charge in [-0.15, -0.1) is 0 Å². The third kappa shape index (κ3) is 3.39. The summed E-state index contributed by atoms with van der Waals surface area (Å²) >= 11 is 0. The molecule has 0 spiro atoms. The smallest absolute Gasteiger partial charge is 0.351 e. The zero-order chi connectivity index (χ0) is 21.7. The Balaban J connectivity index is 1.97. The van der Waals surface area contributed by atoms with E-state index < -0.39 is 53.2 Å².